The summed E-state index contributed by atoms with van der Waals surface area (Å²) in [7, 11) is -1.45. The van der Waals surface area contributed by atoms with Gasteiger partial charge in [0.25, 0.3) is 0 Å². The molecule has 39 heavy (non-hydrogen) atoms. The van der Waals surface area contributed by atoms with E-state index in [0.717, 1.165) is 13.8 Å². The summed E-state index contributed by atoms with van der Waals surface area (Å²) in [5.41, 5.74) is -0.975. The summed E-state index contributed by atoms with van der Waals surface area (Å²) in [4.78, 5) is 52.2. The summed E-state index contributed by atoms with van der Waals surface area (Å²) in [5, 5.41) is 22.1. The van der Waals surface area contributed by atoms with E-state index in [1.54, 1.807) is 42.5 Å². The Bertz CT molecular complexity index is 1530. The first-order chi connectivity index (χ1) is 18.5. The average molecular weight is 528 g/mol. The van der Waals surface area contributed by atoms with E-state index in [-0.39, 0.29) is 57.7 Å². The number of ether oxygens (including phenoxy) is 2. The van der Waals surface area contributed by atoms with Crippen LogP contribution in [0.2, 0.25) is 0 Å². The zero-order valence-electron chi connectivity index (χ0n) is 21.5. The lowest BCUT2D eigenvalue weighted by atomic mass is 9.72. The second-order valence-corrected chi connectivity index (χ2v) is 9.96. The summed E-state index contributed by atoms with van der Waals surface area (Å²) < 4.78 is 17.2. The normalized spacial score (nSPS) is 19.5. The first kappa shape index (κ1) is 26.5. The van der Waals surface area contributed by atoms with Gasteiger partial charge in [-0.3, -0.25) is 19.2 Å². The molecule has 2 N–H and O–H groups in total. The van der Waals surface area contributed by atoms with Crippen LogP contribution in [0.4, 0.5) is 0 Å². The molecule has 0 saturated heterocycles. The van der Waals surface area contributed by atoms with Gasteiger partial charge in [0.05, 0.1) is 22.8 Å². The van der Waals surface area contributed by atoms with Gasteiger partial charge < -0.3 is 24.3 Å². The standard InChI is InChI=1S/C29H25BO9/c1-15(31)37-27-20-13-29(3,35)14-21(39-30(36)17-9-5-4-6-10-17)22(20)28(38-16(2)32)24-23(27)25(33)18-11-7-8-12-19(18)26(24)34/h4-12,21,35-36H,13-14H2,1-3H3/t21-,29-/m0/s1. The van der Waals surface area contributed by atoms with E-state index >= 15 is 0 Å². The molecule has 0 saturated carbocycles. The minimum absolute atomic E-state index is 0.0603. The van der Waals surface area contributed by atoms with Crippen molar-refractivity contribution >= 4 is 36.1 Å². The molecule has 0 unspecified atom stereocenters. The Labute approximate surface area is 224 Å². The molecular formula is C29H25BO9. The predicted octanol–water partition coefficient (Wildman–Crippen LogP) is 2.46. The molecule has 0 radical (unpaired) electrons. The summed E-state index contributed by atoms with van der Waals surface area (Å²) in [5.74, 6) is -3.16. The molecule has 0 amide bonds. The fraction of sp³-hybridized carbons (Fsp3) is 0.241. The van der Waals surface area contributed by atoms with Crippen molar-refractivity contribution in [2.45, 2.75) is 45.3 Å². The largest absolute Gasteiger partial charge is 0.491 e. The van der Waals surface area contributed by atoms with Gasteiger partial charge in [-0.2, -0.15) is 0 Å². The lowest BCUT2D eigenvalue weighted by Crippen LogP contribution is -2.42. The number of hydrogen-bond acceptors (Lipinski definition) is 9. The van der Waals surface area contributed by atoms with Crippen LogP contribution in [0.3, 0.4) is 0 Å². The van der Waals surface area contributed by atoms with E-state index < -0.39 is 42.3 Å². The molecule has 5 rings (SSSR count). The van der Waals surface area contributed by atoms with Gasteiger partial charge in [0, 0.05) is 48.9 Å². The molecule has 2 atom stereocenters. The highest BCUT2D eigenvalue weighted by Gasteiger charge is 2.46. The van der Waals surface area contributed by atoms with Gasteiger partial charge in [-0.25, -0.2) is 0 Å². The average Bonchev–Trinajstić information content (AvgIpc) is 2.87. The summed E-state index contributed by atoms with van der Waals surface area (Å²) in [6.45, 7) is 3.83. The van der Waals surface area contributed by atoms with E-state index in [1.165, 1.54) is 19.1 Å². The minimum atomic E-state index is -1.45. The molecule has 10 heteroatoms. The number of carbonyl (C=O) groups excluding carboxylic acids is 4. The molecule has 3 aromatic rings. The highest BCUT2D eigenvalue weighted by molar-refractivity contribution is 6.60. The number of esters is 2. The third-order valence-electron chi connectivity index (χ3n) is 6.79. The Balaban J connectivity index is 1.82. The summed E-state index contributed by atoms with van der Waals surface area (Å²) in [6, 6.07) is 14.7. The van der Waals surface area contributed by atoms with Crippen LogP contribution in [0.25, 0.3) is 0 Å². The Morgan fingerprint density at radius 3 is 1.95 bits per heavy atom. The first-order valence-corrected chi connectivity index (χ1v) is 12.4. The number of carbonyl (C=O) groups is 4. The molecule has 9 nitrogen and oxygen atoms in total. The molecule has 0 aromatic heterocycles. The van der Waals surface area contributed by atoms with Gasteiger partial charge >= 0.3 is 19.1 Å². The maximum atomic E-state index is 13.8. The summed E-state index contributed by atoms with van der Waals surface area (Å²) in [6.07, 6.45) is -1.29. The second kappa shape index (κ2) is 9.89. The first-order valence-electron chi connectivity index (χ1n) is 12.4. The molecule has 0 aliphatic heterocycles. The van der Waals surface area contributed by atoms with Gasteiger partial charge in [-0.05, 0) is 12.4 Å². The Hall–Kier alpha value is -4.12. The van der Waals surface area contributed by atoms with Crippen LogP contribution in [0.5, 0.6) is 11.5 Å². The van der Waals surface area contributed by atoms with Crippen molar-refractivity contribution < 1.29 is 43.4 Å². The SMILES string of the molecule is CC(=O)Oc1c2c(c(OC(C)=O)c3c1C(=O)c1ccccc1C3=O)[C@@H](OB(O)c1ccccc1)C[C@@](C)(O)C2. The zero-order valence-corrected chi connectivity index (χ0v) is 21.5. The van der Waals surface area contributed by atoms with E-state index in [0.29, 0.717) is 5.46 Å². The van der Waals surface area contributed by atoms with E-state index in [2.05, 4.69) is 0 Å². The molecule has 2 aliphatic rings. The highest BCUT2D eigenvalue weighted by Crippen LogP contribution is 2.52. The third-order valence-corrected chi connectivity index (χ3v) is 6.79. The number of ketones is 2. The number of rotatable bonds is 5. The maximum absolute atomic E-state index is 13.8. The topological polar surface area (TPSA) is 136 Å². The fourth-order valence-corrected chi connectivity index (χ4v) is 5.30. The summed E-state index contributed by atoms with van der Waals surface area (Å²) >= 11 is 0. The van der Waals surface area contributed by atoms with Crippen molar-refractivity contribution in [3.63, 3.8) is 0 Å². The van der Waals surface area contributed by atoms with Crippen LogP contribution in [0.15, 0.2) is 54.6 Å². The Kier molecular flexibility index (Phi) is 6.71. The van der Waals surface area contributed by atoms with Gasteiger partial charge in [-0.1, -0.05) is 54.6 Å². The van der Waals surface area contributed by atoms with Crippen molar-refractivity contribution in [2.24, 2.45) is 0 Å². The van der Waals surface area contributed by atoms with Gasteiger partial charge in [0.2, 0.25) is 0 Å². The third kappa shape index (κ3) is 4.78. The van der Waals surface area contributed by atoms with Crippen molar-refractivity contribution in [3.05, 3.63) is 88.0 Å². The molecule has 2 aliphatic carbocycles. The molecule has 198 valence electrons. The Morgan fingerprint density at radius 1 is 0.872 bits per heavy atom. The number of fused-ring (bicyclic) bond motifs is 3. The van der Waals surface area contributed by atoms with Crippen LogP contribution < -0.4 is 14.9 Å². The van der Waals surface area contributed by atoms with Gasteiger partial charge in [0.15, 0.2) is 11.6 Å². The number of aliphatic hydroxyl groups is 1. The van der Waals surface area contributed by atoms with Gasteiger partial charge in [0.1, 0.15) is 11.5 Å². The van der Waals surface area contributed by atoms with Crippen molar-refractivity contribution in [3.8, 4) is 11.5 Å². The van der Waals surface area contributed by atoms with Crippen LogP contribution >= 0.6 is 0 Å². The highest BCUT2D eigenvalue weighted by atomic mass is 16.5. The molecule has 0 fully saturated rings. The van der Waals surface area contributed by atoms with E-state index in [4.69, 9.17) is 14.1 Å². The van der Waals surface area contributed by atoms with E-state index in [1.807, 2.05) is 0 Å². The van der Waals surface area contributed by atoms with Crippen LogP contribution in [-0.4, -0.2) is 46.4 Å². The molecule has 0 spiro atoms. The fourth-order valence-electron chi connectivity index (χ4n) is 5.30. The second-order valence-electron chi connectivity index (χ2n) is 9.96. The maximum Gasteiger partial charge on any atom is 0.491 e. The Morgan fingerprint density at radius 2 is 1.38 bits per heavy atom. The monoisotopic (exact) mass is 528 g/mol. The molecule has 3 aromatic carbocycles. The zero-order chi connectivity index (χ0) is 28.1. The number of hydrogen-bond donors (Lipinski definition) is 2. The van der Waals surface area contributed by atoms with E-state index in [9.17, 15) is 29.3 Å². The van der Waals surface area contributed by atoms with Crippen LogP contribution in [0.1, 0.15) is 76.3 Å². The minimum Gasteiger partial charge on any atom is -0.426 e. The molecule has 0 heterocycles. The molecular weight excluding hydrogens is 503 g/mol. The predicted molar refractivity (Wildman–Crippen MR) is 139 cm³/mol. The smallest absolute Gasteiger partial charge is 0.426 e. The lowest BCUT2D eigenvalue weighted by Gasteiger charge is -2.39. The quantitative estimate of drug-likeness (QED) is 0.227. The lowest BCUT2D eigenvalue weighted by molar-refractivity contribution is -0.133. The molecule has 0 bridgehead atoms. The van der Waals surface area contributed by atoms with Crippen molar-refractivity contribution in [2.75, 3.05) is 0 Å². The van der Waals surface area contributed by atoms with Crippen molar-refractivity contribution in [1.29, 1.82) is 0 Å². The van der Waals surface area contributed by atoms with Gasteiger partial charge in [-0.15, -0.1) is 0 Å². The van der Waals surface area contributed by atoms with Crippen molar-refractivity contribution in [1.82, 2.24) is 0 Å². The van der Waals surface area contributed by atoms with Crippen LogP contribution in [-0.2, 0) is 20.7 Å². The number of benzene rings is 3. The van der Waals surface area contributed by atoms with Crippen LogP contribution in [0, 0.1) is 0 Å².